The Hall–Kier alpha value is -3.35. The highest BCUT2D eigenvalue weighted by atomic mass is 127. The number of quaternary nitrogens is 1. The first-order valence-corrected chi connectivity index (χ1v) is 10.1. The van der Waals surface area contributed by atoms with E-state index in [9.17, 15) is 44.7 Å². The number of hydrogen-bond donors (Lipinski definition) is 1. The number of alkyl halides is 6. The van der Waals surface area contributed by atoms with Crippen molar-refractivity contribution in [2.75, 3.05) is 5.01 Å². The normalized spacial score (nSPS) is 20.0. The van der Waals surface area contributed by atoms with Crippen LogP contribution in [0.2, 0.25) is 0 Å². The second-order valence-electron chi connectivity index (χ2n) is 6.92. The van der Waals surface area contributed by atoms with E-state index in [1.807, 2.05) is 0 Å². The smallest absolute Gasteiger partial charge is 0.302 e. The second-order valence-corrected chi connectivity index (χ2v) is 7.94. The lowest BCUT2D eigenvalue weighted by Gasteiger charge is -2.38. The van der Waals surface area contributed by atoms with Gasteiger partial charge in [-0.25, -0.2) is 13.8 Å². The maximum Gasteiger partial charge on any atom is 0.476 e. The van der Waals surface area contributed by atoms with Crippen LogP contribution >= 0.6 is 22.6 Å². The van der Waals surface area contributed by atoms with Crippen LogP contribution in [0.1, 0.15) is 0 Å². The molecule has 8 nitrogen and oxygen atoms in total. The van der Waals surface area contributed by atoms with Crippen molar-refractivity contribution in [3.05, 3.63) is 64.0 Å². The van der Waals surface area contributed by atoms with Crippen LogP contribution in [0.25, 0.3) is 5.65 Å². The number of pyridine rings is 1. The lowest BCUT2D eigenvalue weighted by molar-refractivity contribution is -0.736. The Labute approximate surface area is 202 Å². The van der Waals surface area contributed by atoms with Gasteiger partial charge in [0.25, 0.3) is 5.84 Å². The van der Waals surface area contributed by atoms with E-state index in [1.54, 1.807) is 0 Å². The van der Waals surface area contributed by atoms with Crippen molar-refractivity contribution in [3.8, 4) is 0 Å². The van der Waals surface area contributed by atoms with Gasteiger partial charge in [0.1, 0.15) is 11.5 Å². The molecule has 184 valence electrons. The average molecular weight is 619 g/mol. The zero-order chi connectivity index (χ0) is 25.9. The Morgan fingerprint density at radius 2 is 1.71 bits per heavy atom. The first-order valence-electron chi connectivity index (χ1n) is 9.03. The summed E-state index contributed by atoms with van der Waals surface area (Å²) in [6.45, 7) is 0. The fourth-order valence-corrected chi connectivity index (χ4v) is 4.09. The highest BCUT2D eigenvalue weighted by Gasteiger charge is 2.60. The molecule has 4 heterocycles. The van der Waals surface area contributed by atoms with Gasteiger partial charge in [0.05, 0.1) is 6.20 Å². The molecule has 1 unspecified atom stereocenters. The van der Waals surface area contributed by atoms with Gasteiger partial charge in [0, 0.05) is 34.9 Å². The molecule has 0 bridgehead atoms. The van der Waals surface area contributed by atoms with E-state index in [0.717, 1.165) is 41.1 Å². The number of nitrogens with zero attached hydrogens (tertiary/aromatic N) is 5. The summed E-state index contributed by atoms with van der Waals surface area (Å²) >= 11 is 1.23. The number of aromatic nitrogens is 2. The molecule has 2 amide bonds. The molecule has 2 aromatic rings. The number of carbonyl (C=O) groups is 2. The predicted octanol–water partition coefficient (Wildman–Crippen LogP) is 4.13. The van der Waals surface area contributed by atoms with E-state index < -0.39 is 61.6 Å². The number of hydrogen-bond acceptors (Lipinski definition) is 4. The highest BCUT2D eigenvalue weighted by molar-refractivity contribution is 14.1. The number of fused-ring (bicyclic) bond motifs is 2. The maximum absolute atomic E-state index is 14.4. The van der Waals surface area contributed by atoms with E-state index in [1.165, 1.54) is 27.9 Å². The minimum absolute atomic E-state index is 0.0820. The van der Waals surface area contributed by atoms with Gasteiger partial charge in [0.15, 0.2) is 12.0 Å². The van der Waals surface area contributed by atoms with Gasteiger partial charge in [-0.05, 0) is 18.2 Å². The molecular weight excluding hydrogens is 611 g/mol. The fourth-order valence-electron chi connectivity index (χ4n) is 3.24. The van der Waals surface area contributed by atoms with Crippen LogP contribution in [-0.2, 0) is 9.59 Å². The number of amides is 2. The molecule has 17 heteroatoms. The summed E-state index contributed by atoms with van der Waals surface area (Å²) in [4.78, 5) is 31.6. The SMILES string of the molecule is O=C(NC1=C(I)[N+]2(N(C(=O)C(F)(F)F)c3cn4cc(F)ccc4n3)C=C(F)C=CC2=N1)C(F)(F)F. The number of anilines is 1. The minimum atomic E-state index is -5.58. The third kappa shape index (κ3) is 4.17. The monoisotopic (exact) mass is 619 g/mol. The van der Waals surface area contributed by atoms with Crippen molar-refractivity contribution < 1.29 is 49.3 Å². The van der Waals surface area contributed by atoms with Crippen LogP contribution in [0.15, 0.2) is 63.2 Å². The molecule has 0 aliphatic carbocycles. The number of carbonyl (C=O) groups excluding carboxylic acids is 2. The van der Waals surface area contributed by atoms with Crippen LogP contribution < -0.4 is 10.3 Å². The van der Waals surface area contributed by atoms with Gasteiger partial charge in [-0.1, -0.05) is 4.59 Å². The van der Waals surface area contributed by atoms with Crippen LogP contribution in [0, 0.1) is 5.82 Å². The van der Waals surface area contributed by atoms with Gasteiger partial charge >= 0.3 is 24.2 Å². The molecule has 1 atom stereocenters. The first-order chi connectivity index (χ1) is 16.1. The summed E-state index contributed by atoms with van der Waals surface area (Å²) in [6, 6.07) is 2.02. The molecule has 0 radical (unpaired) electrons. The summed E-state index contributed by atoms with van der Waals surface area (Å²) in [5, 5.41) is 1.33. The Morgan fingerprint density at radius 1 is 1.03 bits per heavy atom. The average Bonchev–Trinajstić information content (AvgIpc) is 3.26. The van der Waals surface area contributed by atoms with Gasteiger partial charge in [0.2, 0.25) is 15.3 Å². The minimum Gasteiger partial charge on any atom is -0.302 e. The predicted molar refractivity (Wildman–Crippen MR) is 110 cm³/mol. The number of amidine groups is 1. The quantitative estimate of drug-likeness (QED) is 0.243. The largest absolute Gasteiger partial charge is 0.476 e. The van der Waals surface area contributed by atoms with Crippen LogP contribution in [0.5, 0.6) is 0 Å². The van der Waals surface area contributed by atoms with E-state index in [-0.39, 0.29) is 10.7 Å². The fraction of sp³-hybridized carbons (Fsp3) is 0.111. The molecule has 0 saturated carbocycles. The first kappa shape index (κ1) is 24.8. The van der Waals surface area contributed by atoms with Crippen LogP contribution in [0.4, 0.5) is 40.9 Å². The summed E-state index contributed by atoms with van der Waals surface area (Å²) < 4.78 is 106. The third-order valence-corrected chi connectivity index (χ3v) is 5.88. The molecule has 0 fully saturated rings. The third-order valence-electron chi connectivity index (χ3n) is 4.63. The number of rotatable bonds is 3. The van der Waals surface area contributed by atoms with Crippen LogP contribution in [-0.4, -0.2) is 44.0 Å². The Kier molecular flexibility index (Phi) is 5.74. The van der Waals surface area contributed by atoms with Crippen molar-refractivity contribution in [2.45, 2.75) is 12.4 Å². The molecular formula is C18H8F8IN6O2+. The lowest BCUT2D eigenvalue weighted by atomic mass is 10.3. The Morgan fingerprint density at radius 3 is 2.34 bits per heavy atom. The summed E-state index contributed by atoms with van der Waals surface area (Å²) in [5.41, 5.74) is -0.112. The van der Waals surface area contributed by atoms with Crippen molar-refractivity contribution in [3.63, 3.8) is 0 Å². The second kappa shape index (κ2) is 8.11. The molecule has 2 aromatic heterocycles. The zero-order valence-corrected chi connectivity index (χ0v) is 18.7. The van der Waals surface area contributed by atoms with Crippen molar-refractivity contribution in [1.82, 2.24) is 14.7 Å². The summed E-state index contributed by atoms with van der Waals surface area (Å²) in [7, 11) is 0. The number of aliphatic imine (C=N–C) groups is 1. The molecule has 35 heavy (non-hydrogen) atoms. The molecule has 1 N–H and O–H groups in total. The van der Waals surface area contributed by atoms with E-state index in [2.05, 4.69) is 9.98 Å². The van der Waals surface area contributed by atoms with Crippen LogP contribution in [0.3, 0.4) is 0 Å². The summed E-state index contributed by atoms with van der Waals surface area (Å²) in [6.07, 6.45) is -7.30. The Balaban J connectivity index is 1.98. The van der Waals surface area contributed by atoms with Gasteiger partial charge < -0.3 is 4.40 Å². The number of nitrogens with one attached hydrogen (secondary N) is 1. The van der Waals surface area contributed by atoms with Gasteiger partial charge in [-0.3, -0.25) is 14.9 Å². The molecule has 4 rings (SSSR count). The van der Waals surface area contributed by atoms with Crippen molar-refractivity contribution >= 4 is 51.7 Å². The summed E-state index contributed by atoms with van der Waals surface area (Å²) in [5.74, 6) is -9.33. The zero-order valence-electron chi connectivity index (χ0n) is 16.5. The highest BCUT2D eigenvalue weighted by Crippen LogP contribution is 2.43. The molecule has 2 aliphatic heterocycles. The van der Waals surface area contributed by atoms with Gasteiger partial charge in [-0.15, -0.1) is 5.01 Å². The molecule has 2 aliphatic rings. The van der Waals surface area contributed by atoms with Crippen molar-refractivity contribution in [2.24, 2.45) is 4.99 Å². The van der Waals surface area contributed by atoms with Gasteiger partial charge in [-0.2, -0.15) is 31.3 Å². The number of imidazole rings is 1. The number of allylic oxidation sites excluding steroid dienone is 2. The molecule has 0 aromatic carbocycles. The van der Waals surface area contributed by atoms with Crippen molar-refractivity contribution in [1.29, 1.82) is 0 Å². The molecule has 0 spiro atoms. The topological polar surface area (TPSA) is 79.1 Å². The Bertz CT molecular complexity index is 1390. The maximum atomic E-state index is 14.4. The standard InChI is InChI=1S/C18H7F8IN6O2/c19-8-1-3-10-28-11(6-31(10)5-8)32(16(35)18(24,25)26)33-7-9(20)2-4-12(33)29-14(13(33)27)30-15(34)17(21,22)23/h1-7H/p+1. The molecule has 0 saturated heterocycles. The van der Waals surface area contributed by atoms with E-state index >= 15 is 0 Å². The van der Waals surface area contributed by atoms with E-state index in [0.29, 0.717) is 6.20 Å². The lowest BCUT2D eigenvalue weighted by Crippen LogP contribution is -2.63. The van der Waals surface area contributed by atoms with E-state index in [4.69, 9.17) is 0 Å². The number of halogens is 9.